The number of aliphatic carboxylic acids is 2. The summed E-state index contributed by atoms with van der Waals surface area (Å²) in [5, 5.41) is 16.5. The van der Waals surface area contributed by atoms with Crippen LogP contribution in [-0.2, 0) is 9.59 Å². The first-order valence-electron chi connectivity index (χ1n) is 10.9. The fourth-order valence-corrected chi connectivity index (χ4v) is 2.60. The van der Waals surface area contributed by atoms with Gasteiger partial charge in [0.25, 0.3) is 0 Å². The Morgan fingerprint density at radius 1 is 0.714 bits per heavy atom. The first kappa shape index (κ1) is 28.4. The molecule has 0 aromatic rings. The van der Waals surface area contributed by atoms with Gasteiger partial charge >= 0.3 is 11.9 Å². The van der Waals surface area contributed by atoms with E-state index in [4.69, 9.17) is 10.2 Å². The van der Waals surface area contributed by atoms with Crippen LogP contribution in [0, 0.1) is 0 Å². The third kappa shape index (κ3) is 31.9. The molecule has 0 saturated carbocycles. The lowest BCUT2D eigenvalue weighted by Crippen LogP contribution is -1.93. The van der Waals surface area contributed by atoms with Crippen molar-refractivity contribution in [3.63, 3.8) is 0 Å². The van der Waals surface area contributed by atoms with E-state index in [1.807, 2.05) is 6.92 Å². The summed E-state index contributed by atoms with van der Waals surface area (Å²) in [5.41, 5.74) is 0. The fourth-order valence-electron chi connectivity index (χ4n) is 2.60. The number of carboxylic acids is 2. The van der Waals surface area contributed by atoms with E-state index in [-0.39, 0.29) is 0 Å². The molecule has 28 heavy (non-hydrogen) atoms. The van der Waals surface area contributed by atoms with Crippen LogP contribution in [-0.4, -0.2) is 22.2 Å². The molecule has 0 aromatic carbocycles. The van der Waals surface area contributed by atoms with Crippen molar-refractivity contribution in [2.45, 2.75) is 104 Å². The summed E-state index contributed by atoms with van der Waals surface area (Å²) >= 11 is 0. The Morgan fingerprint density at radius 3 is 1.68 bits per heavy atom. The minimum absolute atomic E-state index is 0.332. The quantitative estimate of drug-likeness (QED) is 0.117. The predicted octanol–water partition coefficient (Wildman–Crippen LogP) is 7.31. The molecule has 0 aliphatic carbocycles. The van der Waals surface area contributed by atoms with Crippen molar-refractivity contribution < 1.29 is 19.8 Å². The zero-order valence-corrected chi connectivity index (χ0v) is 18.1. The average molecular weight is 395 g/mol. The first-order valence-corrected chi connectivity index (χ1v) is 10.9. The second-order valence-corrected chi connectivity index (χ2v) is 6.95. The molecule has 2 N–H and O–H groups in total. The monoisotopic (exact) mass is 394 g/mol. The third-order valence-corrected chi connectivity index (χ3v) is 4.19. The standard InChI is InChI=1S/C18H34O2.C6H8O2/c1-2-3-4-5-6-7-8-9-10-11-12-13-14-15-16-17-18(19)20;1-2-3-4-5-6(7)8/h9-10H,2-8,11-17H2,1H3,(H,19,20);2-5H,1H3,(H,7,8)/b10-9+;3-2+,5-4+. The third-order valence-electron chi connectivity index (χ3n) is 4.19. The second-order valence-electron chi connectivity index (χ2n) is 6.95. The molecule has 0 heterocycles. The fraction of sp³-hybridized carbons (Fsp3) is 0.667. The van der Waals surface area contributed by atoms with E-state index in [0.29, 0.717) is 6.42 Å². The Bertz CT molecular complexity index is 436. The number of unbranched alkanes of at least 4 members (excludes halogenated alkanes) is 11. The molecule has 0 spiro atoms. The molecule has 4 nitrogen and oxygen atoms in total. The highest BCUT2D eigenvalue weighted by molar-refractivity contribution is 5.80. The summed E-state index contributed by atoms with van der Waals surface area (Å²) in [6.45, 7) is 4.08. The van der Waals surface area contributed by atoms with Crippen LogP contribution < -0.4 is 0 Å². The molecule has 0 fully saturated rings. The minimum atomic E-state index is -0.914. The van der Waals surface area contributed by atoms with E-state index in [0.717, 1.165) is 18.9 Å². The normalized spacial score (nSPS) is 11.2. The van der Waals surface area contributed by atoms with Gasteiger partial charge in [0.1, 0.15) is 0 Å². The van der Waals surface area contributed by atoms with E-state index in [9.17, 15) is 9.59 Å². The van der Waals surface area contributed by atoms with Crippen LogP contribution in [0.4, 0.5) is 0 Å². The van der Waals surface area contributed by atoms with Gasteiger partial charge in [-0.05, 0) is 39.0 Å². The summed E-state index contributed by atoms with van der Waals surface area (Å²) in [6.07, 6.45) is 27.2. The summed E-state index contributed by atoms with van der Waals surface area (Å²) in [5.74, 6) is -1.58. The molecule has 0 unspecified atom stereocenters. The minimum Gasteiger partial charge on any atom is -0.481 e. The second kappa shape index (κ2) is 25.2. The predicted molar refractivity (Wildman–Crippen MR) is 119 cm³/mol. The van der Waals surface area contributed by atoms with Crippen LogP contribution >= 0.6 is 0 Å². The van der Waals surface area contributed by atoms with Crippen LogP contribution in [0.15, 0.2) is 36.5 Å². The zero-order chi connectivity index (χ0) is 21.3. The largest absolute Gasteiger partial charge is 0.481 e. The van der Waals surface area contributed by atoms with Crippen LogP contribution in [0.25, 0.3) is 0 Å². The molecule has 0 atom stereocenters. The molecule has 0 bridgehead atoms. The van der Waals surface area contributed by atoms with Crippen LogP contribution in [0.5, 0.6) is 0 Å². The number of hydrogen-bond donors (Lipinski definition) is 2. The van der Waals surface area contributed by atoms with Gasteiger partial charge in [-0.3, -0.25) is 4.79 Å². The number of rotatable bonds is 17. The van der Waals surface area contributed by atoms with Gasteiger partial charge in [-0.25, -0.2) is 4.79 Å². The van der Waals surface area contributed by atoms with Crippen molar-refractivity contribution in [3.05, 3.63) is 36.5 Å². The van der Waals surface area contributed by atoms with Gasteiger partial charge in [0.05, 0.1) is 0 Å². The lowest BCUT2D eigenvalue weighted by Gasteiger charge is -1.99. The van der Waals surface area contributed by atoms with Gasteiger partial charge in [-0.2, -0.15) is 0 Å². The first-order chi connectivity index (χ1) is 13.5. The van der Waals surface area contributed by atoms with Gasteiger partial charge in [-0.15, -0.1) is 0 Å². The maximum absolute atomic E-state index is 10.3. The SMILES string of the molecule is C/C=C/C=C/C(=O)O.CCCCCCCC/C=C/CCCCCCCC(=O)O. The van der Waals surface area contributed by atoms with Crippen LogP contribution in [0.1, 0.15) is 104 Å². The van der Waals surface area contributed by atoms with E-state index in [1.54, 1.807) is 12.2 Å². The molecule has 0 amide bonds. The number of hydrogen-bond acceptors (Lipinski definition) is 2. The Hall–Kier alpha value is -1.84. The van der Waals surface area contributed by atoms with Gasteiger partial charge in [0.2, 0.25) is 0 Å². The van der Waals surface area contributed by atoms with Gasteiger partial charge in [0, 0.05) is 12.5 Å². The Balaban J connectivity index is 0. The summed E-state index contributed by atoms with van der Waals surface area (Å²) in [7, 11) is 0. The molecular formula is C24H42O4. The van der Waals surface area contributed by atoms with Crippen LogP contribution in [0.2, 0.25) is 0 Å². The van der Waals surface area contributed by atoms with E-state index >= 15 is 0 Å². The summed E-state index contributed by atoms with van der Waals surface area (Å²) < 4.78 is 0. The smallest absolute Gasteiger partial charge is 0.328 e. The Labute approximate surface area is 172 Å². The zero-order valence-electron chi connectivity index (χ0n) is 18.1. The topological polar surface area (TPSA) is 74.6 Å². The molecule has 162 valence electrons. The van der Waals surface area contributed by atoms with Crippen molar-refractivity contribution in [2.24, 2.45) is 0 Å². The molecule has 0 saturated heterocycles. The molecule has 0 aromatic heterocycles. The van der Waals surface area contributed by atoms with Crippen molar-refractivity contribution >= 4 is 11.9 Å². The highest BCUT2D eigenvalue weighted by atomic mass is 16.4. The van der Waals surface area contributed by atoms with E-state index in [2.05, 4.69) is 19.1 Å². The molecular weight excluding hydrogens is 352 g/mol. The summed E-state index contributed by atoms with van der Waals surface area (Å²) in [6, 6.07) is 0. The number of carboxylic acid groups (broad SMARTS) is 2. The lowest BCUT2D eigenvalue weighted by molar-refractivity contribution is -0.137. The van der Waals surface area contributed by atoms with Gasteiger partial charge in [0.15, 0.2) is 0 Å². The van der Waals surface area contributed by atoms with Crippen molar-refractivity contribution in [2.75, 3.05) is 0 Å². The average Bonchev–Trinajstić information content (AvgIpc) is 2.65. The summed E-state index contributed by atoms with van der Waals surface area (Å²) in [4.78, 5) is 20.1. The molecule has 0 rings (SSSR count). The van der Waals surface area contributed by atoms with Gasteiger partial charge in [-0.1, -0.05) is 88.7 Å². The number of allylic oxidation sites excluding steroid dienone is 5. The van der Waals surface area contributed by atoms with Crippen molar-refractivity contribution in [1.29, 1.82) is 0 Å². The highest BCUT2D eigenvalue weighted by Crippen LogP contribution is 2.09. The van der Waals surface area contributed by atoms with Crippen molar-refractivity contribution in [1.82, 2.24) is 0 Å². The molecule has 0 radical (unpaired) electrons. The van der Waals surface area contributed by atoms with Crippen LogP contribution in [0.3, 0.4) is 0 Å². The highest BCUT2D eigenvalue weighted by Gasteiger charge is 1.95. The molecule has 0 aliphatic heterocycles. The Morgan fingerprint density at radius 2 is 1.21 bits per heavy atom. The Kier molecular flexibility index (Phi) is 25.5. The number of carbonyl (C=O) groups is 2. The molecule has 4 heteroatoms. The van der Waals surface area contributed by atoms with Gasteiger partial charge < -0.3 is 10.2 Å². The maximum Gasteiger partial charge on any atom is 0.328 e. The maximum atomic E-state index is 10.3. The lowest BCUT2D eigenvalue weighted by atomic mass is 10.1. The van der Waals surface area contributed by atoms with E-state index in [1.165, 1.54) is 76.7 Å². The van der Waals surface area contributed by atoms with Crippen molar-refractivity contribution in [3.8, 4) is 0 Å². The van der Waals surface area contributed by atoms with E-state index < -0.39 is 11.9 Å². The molecule has 0 aliphatic rings.